The maximum Gasteiger partial charge on any atom is 0.0485 e. The zero-order valence-electron chi connectivity index (χ0n) is 13.3. The van der Waals surface area contributed by atoms with E-state index in [1.54, 1.807) is 0 Å². The Morgan fingerprint density at radius 2 is 1.67 bits per heavy atom. The summed E-state index contributed by atoms with van der Waals surface area (Å²) in [4.78, 5) is 0. The van der Waals surface area contributed by atoms with Crippen LogP contribution in [0.25, 0.3) is 0 Å². The zero-order chi connectivity index (χ0) is 15.4. The summed E-state index contributed by atoms with van der Waals surface area (Å²) in [6.07, 6.45) is 1.14. The number of anilines is 1. The van der Waals surface area contributed by atoms with Gasteiger partial charge in [-0.15, -0.1) is 0 Å². The molecule has 0 spiro atoms. The van der Waals surface area contributed by atoms with Gasteiger partial charge >= 0.3 is 0 Å². The van der Waals surface area contributed by atoms with Crippen molar-refractivity contribution in [3.05, 3.63) is 64.2 Å². The molecule has 0 bridgehead atoms. The van der Waals surface area contributed by atoms with Crippen molar-refractivity contribution < 1.29 is 0 Å². The lowest BCUT2D eigenvalue weighted by Crippen LogP contribution is -2.07. The standard InChI is InChI=1S/C19H24ClN/c1-13(2)11-16-5-7-17(8-6-16)15(4)21-19-10-9-18(20)12-14(19)3/h5-10,12-13,15,21H,11H2,1-4H3. The van der Waals surface area contributed by atoms with E-state index in [2.05, 4.69) is 57.3 Å². The van der Waals surface area contributed by atoms with Crippen LogP contribution in [0.15, 0.2) is 42.5 Å². The normalized spacial score (nSPS) is 12.5. The minimum atomic E-state index is 0.276. The number of hydrogen-bond acceptors (Lipinski definition) is 1. The first-order valence-electron chi connectivity index (χ1n) is 7.57. The Morgan fingerprint density at radius 1 is 1.00 bits per heavy atom. The van der Waals surface area contributed by atoms with Crippen molar-refractivity contribution >= 4 is 17.3 Å². The van der Waals surface area contributed by atoms with Crippen LogP contribution in [0.3, 0.4) is 0 Å². The molecule has 1 N–H and O–H groups in total. The van der Waals surface area contributed by atoms with Crippen LogP contribution in [0.4, 0.5) is 5.69 Å². The Bertz CT molecular complexity index is 587. The molecule has 0 radical (unpaired) electrons. The molecule has 2 heteroatoms. The number of rotatable bonds is 5. The third kappa shape index (κ3) is 4.50. The monoisotopic (exact) mass is 301 g/mol. The summed E-state index contributed by atoms with van der Waals surface area (Å²) in [5.74, 6) is 0.697. The van der Waals surface area contributed by atoms with Gasteiger partial charge in [-0.1, -0.05) is 49.7 Å². The molecule has 0 aliphatic carbocycles. The van der Waals surface area contributed by atoms with Crippen LogP contribution >= 0.6 is 11.6 Å². The molecule has 1 atom stereocenters. The molecule has 1 unspecified atom stereocenters. The number of hydrogen-bond donors (Lipinski definition) is 1. The minimum Gasteiger partial charge on any atom is -0.378 e. The van der Waals surface area contributed by atoms with Gasteiger partial charge in [0.2, 0.25) is 0 Å². The molecule has 0 aliphatic rings. The van der Waals surface area contributed by atoms with Crippen LogP contribution in [0, 0.1) is 12.8 Å². The first-order chi connectivity index (χ1) is 9.95. The van der Waals surface area contributed by atoms with Crippen molar-refractivity contribution in [1.29, 1.82) is 0 Å². The predicted octanol–water partition coefficient (Wildman–Crippen LogP) is 6.02. The second kappa shape index (κ2) is 7.00. The molecule has 1 nitrogen and oxygen atoms in total. The summed E-state index contributed by atoms with van der Waals surface area (Å²) in [5, 5.41) is 4.34. The van der Waals surface area contributed by atoms with Gasteiger partial charge in [0.25, 0.3) is 0 Å². The Morgan fingerprint density at radius 3 is 2.24 bits per heavy atom. The molecular formula is C19H24ClN. The topological polar surface area (TPSA) is 12.0 Å². The average Bonchev–Trinajstić information content (AvgIpc) is 2.42. The highest BCUT2D eigenvalue weighted by atomic mass is 35.5. The van der Waals surface area contributed by atoms with E-state index >= 15 is 0 Å². The van der Waals surface area contributed by atoms with Gasteiger partial charge in [-0.25, -0.2) is 0 Å². The van der Waals surface area contributed by atoms with Gasteiger partial charge in [0.15, 0.2) is 0 Å². The first-order valence-corrected chi connectivity index (χ1v) is 7.95. The lowest BCUT2D eigenvalue weighted by molar-refractivity contribution is 0.647. The fourth-order valence-corrected chi connectivity index (χ4v) is 2.75. The third-order valence-corrected chi connectivity index (χ3v) is 3.92. The second-order valence-electron chi connectivity index (χ2n) is 6.16. The van der Waals surface area contributed by atoms with E-state index in [0.717, 1.165) is 17.1 Å². The number of benzene rings is 2. The molecule has 0 saturated carbocycles. The summed E-state index contributed by atoms with van der Waals surface area (Å²) in [7, 11) is 0. The van der Waals surface area contributed by atoms with Gasteiger partial charge < -0.3 is 5.32 Å². The van der Waals surface area contributed by atoms with Gasteiger partial charge in [0.05, 0.1) is 0 Å². The van der Waals surface area contributed by atoms with E-state index in [4.69, 9.17) is 11.6 Å². The average molecular weight is 302 g/mol. The smallest absolute Gasteiger partial charge is 0.0485 e. The Hall–Kier alpha value is -1.47. The van der Waals surface area contributed by atoms with Gasteiger partial charge in [-0.05, 0) is 61.1 Å². The number of halogens is 1. The third-order valence-electron chi connectivity index (χ3n) is 3.68. The first kappa shape index (κ1) is 15.9. The molecule has 112 valence electrons. The fourth-order valence-electron chi connectivity index (χ4n) is 2.52. The molecule has 2 aromatic rings. The van der Waals surface area contributed by atoms with E-state index in [1.165, 1.54) is 16.7 Å². The molecule has 2 aromatic carbocycles. The maximum atomic E-state index is 6.00. The number of nitrogens with one attached hydrogen (secondary N) is 1. The van der Waals surface area contributed by atoms with Crippen LogP contribution in [0.2, 0.25) is 5.02 Å². The van der Waals surface area contributed by atoms with Crippen molar-refractivity contribution in [2.24, 2.45) is 5.92 Å². The number of aryl methyl sites for hydroxylation is 1. The van der Waals surface area contributed by atoms with Crippen LogP contribution in [0.1, 0.15) is 43.5 Å². The molecule has 0 heterocycles. The summed E-state index contributed by atoms with van der Waals surface area (Å²) >= 11 is 6.00. The fraction of sp³-hybridized carbons (Fsp3) is 0.368. The highest BCUT2D eigenvalue weighted by Gasteiger charge is 2.07. The van der Waals surface area contributed by atoms with E-state index in [-0.39, 0.29) is 6.04 Å². The summed E-state index contributed by atoms with van der Waals surface area (Å²) < 4.78 is 0. The molecule has 21 heavy (non-hydrogen) atoms. The second-order valence-corrected chi connectivity index (χ2v) is 6.60. The van der Waals surface area contributed by atoms with Crippen molar-refractivity contribution in [2.45, 2.75) is 40.2 Å². The molecule has 0 fully saturated rings. The van der Waals surface area contributed by atoms with Crippen molar-refractivity contribution in [3.63, 3.8) is 0 Å². The molecular weight excluding hydrogens is 278 g/mol. The minimum absolute atomic E-state index is 0.276. The van der Waals surface area contributed by atoms with Crippen LogP contribution in [-0.2, 0) is 6.42 Å². The highest BCUT2D eigenvalue weighted by molar-refractivity contribution is 6.30. The Kier molecular flexibility index (Phi) is 5.30. The van der Waals surface area contributed by atoms with E-state index < -0.39 is 0 Å². The van der Waals surface area contributed by atoms with Gasteiger partial charge in [-0.2, -0.15) is 0 Å². The quantitative estimate of drug-likeness (QED) is 0.712. The molecule has 2 rings (SSSR count). The van der Waals surface area contributed by atoms with Crippen molar-refractivity contribution in [2.75, 3.05) is 5.32 Å². The largest absolute Gasteiger partial charge is 0.378 e. The molecule has 0 saturated heterocycles. The summed E-state index contributed by atoms with van der Waals surface area (Å²) in [6.45, 7) is 8.76. The summed E-state index contributed by atoms with van der Waals surface area (Å²) in [6, 6.07) is 15.2. The Labute approximate surface area is 133 Å². The van der Waals surface area contributed by atoms with E-state index in [0.29, 0.717) is 5.92 Å². The Balaban J connectivity index is 2.07. The van der Waals surface area contributed by atoms with E-state index in [9.17, 15) is 0 Å². The van der Waals surface area contributed by atoms with Crippen LogP contribution < -0.4 is 5.32 Å². The lowest BCUT2D eigenvalue weighted by Gasteiger charge is -2.18. The molecule has 0 amide bonds. The van der Waals surface area contributed by atoms with Crippen molar-refractivity contribution in [1.82, 2.24) is 0 Å². The maximum absolute atomic E-state index is 6.00. The molecule has 0 aliphatic heterocycles. The lowest BCUT2D eigenvalue weighted by atomic mass is 9.99. The SMILES string of the molecule is Cc1cc(Cl)ccc1NC(C)c1ccc(CC(C)C)cc1. The molecule has 0 aromatic heterocycles. The van der Waals surface area contributed by atoms with Crippen LogP contribution in [0.5, 0.6) is 0 Å². The zero-order valence-corrected chi connectivity index (χ0v) is 14.0. The predicted molar refractivity (Wildman–Crippen MR) is 93.2 cm³/mol. The van der Waals surface area contributed by atoms with Gasteiger partial charge in [0.1, 0.15) is 0 Å². The van der Waals surface area contributed by atoms with Crippen molar-refractivity contribution in [3.8, 4) is 0 Å². The summed E-state index contributed by atoms with van der Waals surface area (Å²) in [5.41, 5.74) is 5.02. The highest BCUT2D eigenvalue weighted by Crippen LogP contribution is 2.25. The van der Waals surface area contributed by atoms with Gasteiger partial charge in [0, 0.05) is 16.8 Å². The van der Waals surface area contributed by atoms with Crippen LogP contribution in [-0.4, -0.2) is 0 Å². The van der Waals surface area contributed by atoms with Gasteiger partial charge in [-0.3, -0.25) is 0 Å². The van der Waals surface area contributed by atoms with E-state index in [1.807, 2.05) is 18.2 Å².